The standard InChI is InChI=1S/C35H47N3O9S2/c1-25-22-38(26(2)24-39)35(40)32-21-28(36-48(41,42)30-17-15-29(45-5)16-18-30)14-19-33(32)47-27(3)11-9-10-20-46-34(25)23-37(4)49(43,44)31-12-7-6-8-13-31/h6-8,12-19,21,25-27,34,36,39H,9-11,20,22-24H2,1-5H3/t25-,26-,27-,34-/m1/s1. The summed E-state index contributed by atoms with van der Waals surface area (Å²) >= 11 is 0. The van der Waals surface area contributed by atoms with E-state index in [1.807, 2.05) is 13.8 Å². The zero-order valence-corrected chi connectivity index (χ0v) is 30.2. The van der Waals surface area contributed by atoms with E-state index >= 15 is 0 Å². The first-order valence-corrected chi connectivity index (χ1v) is 19.2. The number of rotatable bonds is 10. The van der Waals surface area contributed by atoms with Crippen molar-refractivity contribution in [3.05, 3.63) is 78.4 Å². The molecule has 0 spiro atoms. The lowest BCUT2D eigenvalue weighted by molar-refractivity contribution is -0.00833. The molecule has 2 N–H and O–H groups in total. The third-order valence-corrected chi connectivity index (χ3v) is 11.8. The Hall–Kier alpha value is -3.69. The Bertz CT molecular complexity index is 1750. The lowest BCUT2D eigenvalue weighted by atomic mass is 10.0. The highest BCUT2D eigenvalue weighted by atomic mass is 32.2. The number of hydrogen-bond acceptors (Lipinski definition) is 9. The molecule has 4 atom stereocenters. The monoisotopic (exact) mass is 717 g/mol. The molecular formula is C35H47N3O9S2. The fourth-order valence-electron chi connectivity index (χ4n) is 5.54. The van der Waals surface area contributed by atoms with Crippen LogP contribution in [0.1, 0.15) is 50.4 Å². The summed E-state index contributed by atoms with van der Waals surface area (Å²) < 4.78 is 74.7. The van der Waals surface area contributed by atoms with Crippen molar-refractivity contribution in [3.63, 3.8) is 0 Å². The number of carbonyl (C=O) groups is 1. The summed E-state index contributed by atoms with van der Waals surface area (Å²) in [5.41, 5.74) is 0.270. The molecule has 12 nitrogen and oxygen atoms in total. The molecule has 0 saturated carbocycles. The fraction of sp³-hybridized carbons (Fsp3) is 0.457. The molecule has 0 saturated heterocycles. The minimum Gasteiger partial charge on any atom is -0.497 e. The molecule has 1 amide bonds. The van der Waals surface area contributed by atoms with Crippen molar-refractivity contribution in [2.75, 3.05) is 45.2 Å². The van der Waals surface area contributed by atoms with E-state index in [0.29, 0.717) is 25.2 Å². The summed E-state index contributed by atoms with van der Waals surface area (Å²) in [6.45, 7) is 5.67. The van der Waals surface area contributed by atoms with E-state index < -0.39 is 38.1 Å². The van der Waals surface area contributed by atoms with Crippen LogP contribution in [0.25, 0.3) is 0 Å². The molecule has 3 aromatic rings. The maximum atomic E-state index is 14.4. The van der Waals surface area contributed by atoms with Gasteiger partial charge in [0.2, 0.25) is 10.0 Å². The van der Waals surface area contributed by atoms with Gasteiger partial charge in [-0.05, 0) is 87.7 Å². The average molecular weight is 718 g/mol. The number of amides is 1. The Morgan fingerprint density at radius 3 is 2.35 bits per heavy atom. The number of sulfonamides is 2. The molecule has 0 unspecified atom stereocenters. The number of carbonyl (C=O) groups excluding carboxylic acids is 1. The number of aliphatic hydroxyl groups excluding tert-OH is 1. The number of fused-ring (bicyclic) bond motifs is 1. The summed E-state index contributed by atoms with van der Waals surface area (Å²) in [5, 5.41) is 10.2. The third kappa shape index (κ3) is 9.73. The lowest BCUT2D eigenvalue weighted by Gasteiger charge is -2.35. The molecule has 1 aliphatic heterocycles. The first-order chi connectivity index (χ1) is 23.3. The van der Waals surface area contributed by atoms with Crippen LogP contribution >= 0.6 is 0 Å². The quantitative estimate of drug-likeness (QED) is 0.306. The van der Waals surface area contributed by atoms with E-state index in [9.17, 15) is 26.7 Å². The van der Waals surface area contributed by atoms with Crippen molar-refractivity contribution in [2.24, 2.45) is 5.92 Å². The topological polar surface area (TPSA) is 152 Å². The molecule has 3 aromatic carbocycles. The van der Waals surface area contributed by atoms with E-state index in [2.05, 4.69) is 4.72 Å². The molecule has 1 heterocycles. The van der Waals surface area contributed by atoms with Gasteiger partial charge in [-0.25, -0.2) is 16.8 Å². The molecule has 14 heteroatoms. The van der Waals surface area contributed by atoms with Gasteiger partial charge in [-0.3, -0.25) is 9.52 Å². The Labute approximate surface area is 290 Å². The van der Waals surface area contributed by atoms with E-state index in [1.54, 1.807) is 49.4 Å². The number of likely N-dealkylation sites (N-methyl/N-ethyl adjacent to an activating group) is 1. The number of benzene rings is 3. The first kappa shape index (κ1) is 38.1. The number of nitrogens with one attached hydrogen (secondary N) is 1. The molecular weight excluding hydrogens is 671 g/mol. The van der Waals surface area contributed by atoms with Gasteiger partial charge in [0.25, 0.3) is 15.9 Å². The molecule has 0 bridgehead atoms. The predicted molar refractivity (Wildman–Crippen MR) is 187 cm³/mol. The van der Waals surface area contributed by atoms with Gasteiger partial charge >= 0.3 is 0 Å². The Kier molecular flexibility index (Phi) is 13.1. The first-order valence-electron chi connectivity index (χ1n) is 16.3. The van der Waals surface area contributed by atoms with Gasteiger partial charge < -0.3 is 24.2 Å². The van der Waals surface area contributed by atoms with E-state index in [0.717, 1.165) is 6.42 Å². The van der Waals surface area contributed by atoms with E-state index in [-0.39, 0.29) is 58.5 Å². The van der Waals surface area contributed by atoms with Crippen LogP contribution < -0.4 is 14.2 Å². The molecule has 0 aliphatic carbocycles. The van der Waals surface area contributed by atoms with Gasteiger partial charge in [-0.2, -0.15) is 4.31 Å². The zero-order chi connectivity index (χ0) is 35.8. The SMILES string of the molecule is COc1ccc(S(=O)(=O)Nc2ccc3c(c2)C(=O)N([C@H](C)CO)C[C@@H](C)[C@@H](CN(C)S(=O)(=O)c2ccccc2)OCCCC[C@@H](C)O3)cc1. The number of methoxy groups -OCH3 is 1. The smallest absolute Gasteiger partial charge is 0.261 e. The van der Waals surface area contributed by atoms with Crippen LogP contribution in [0.2, 0.25) is 0 Å². The number of nitrogens with zero attached hydrogens (tertiary/aromatic N) is 2. The summed E-state index contributed by atoms with van der Waals surface area (Å²) in [6, 6.07) is 18.0. The molecule has 4 rings (SSSR count). The number of anilines is 1. The third-order valence-electron chi connectivity index (χ3n) is 8.56. The highest BCUT2D eigenvalue weighted by Gasteiger charge is 2.32. The molecule has 0 radical (unpaired) electrons. The average Bonchev–Trinajstić information content (AvgIpc) is 3.09. The van der Waals surface area contributed by atoms with Crippen LogP contribution in [-0.4, -0.2) is 95.8 Å². The van der Waals surface area contributed by atoms with Gasteiger partial charge in [-0.15, -0.1) is 0 Å². The predicted octanol–water partition coefficient (Wildman–Crippen LogP) is 4.61. The van der Waals surface area contributed by atoms with Gasteiger partial charge in [0.1, 0.15) is 11.5 Å². The van der Waals surface area contributed by atoms with Crippen LogP contribution in [0.4, 0.5) is 5.69 Å². The fourth-order valence-corrected chi connectivity index (χ4v) is 7.80. The number of hydrogen-bond donors (Lipinski definition) is 2. The van der Waals surface area contributed by atoms with Gasteiger partial charge in [0, 0.05) is 38.3 Å². The van der Waals surface area contributed by atoms with Crippen LogP contribution in [0.3, 0.4) is 0 Å². The highest BCUT2D eigenvalue weighted by molar-refractivity contribution is 7.92. The van der Waals surface area contributed by atoms with Crippen molar-refractivity contribution in [3.8, 4) is 11.5 Å². The molecule has 268 valence electrons. The largest absolute Gasteiger partial charge is 0.497 e. The second kappa shape index (κ2) is 16.8. The van der Waals surface area contributed by atoms with Crippen LogP contribution in [0, 0.1) is 5.92 Å². The Balaban J connectivity index is 1.67. The normalized spacial score (nSPS) is 20.5. The minimum atomic E-state index is -4.02. The lowest BCUT2D eigenvalue weighted by Crippen LogP contribution is -2.48. The van der Waals surface area contributed by atoms with Crippen LogP contribution in [-0.2, 0) is 24.8 Å². The van der Waals surface area contributed by atoms with Crippen molar-refractivity contribution < 1.29 is 40.9 Å². The summed E-state index contributed by atoms with van der Waals surface area (Å²) in [7, 11) is -4.83. The van der Waals surface area contributed by atoms with Crippen molar-refractivity contribution in [1.82, 2.24) is 9.21 Å². The second-order valence-corrected chi connectivity index (χ2v) is 16.1. The number of ether oxygens (including phenoxy) is 3. The maximum Gasteiger partial charge on any atom is 0.261 e. The highest BCUT2D eigenvalue weighted by Crippen LogP contribution is 2.30. The Morgan fingerprint density at radius 2 is 1.69 bits per heavy atom. The minimum absolute atomic E-state index is 0.0132. The zero-order valence-electron chi connectivity index (χ0n) is 28.6. The van der Waals surface area contributed by atoms with Crippen molar-refractivity contribution in [2.45, 2.75) is 68.1 Å². The van der Waals surface area contributed by atoms with Crippen LogP contribution in [0.15, 0.2) is 82.6 Å². The van der Waals surface area contributed by atoms with E-state index in [4.69, 9.17) is 14.2 Å². The van der Waals surface area contributed by atoms with Gasteiger partial charge in [0.15, 0.2) is 0 Å². The number of aliphatic hydroxyl groups is 1. The summed E-state index contributed by atoms with van der Waals surface area (Å²) in [6.07, 6.45) is 1.26. The maximum absolute atomic E-state index is 14.4. The summed E-state index contributed by atoms with van der Waals surface area (Å²) in [5.74, 6) is -0.0608. The van der Waals surface area contributed by atoms with Crippen molar-refractivity contribution in [1.29, 1.82) is 0 Å². The van der Waals surface area contributed by atoms with Crippen LogP contribution in [0.5, 0.6) is 11.5 Å². The Morgan fingerprint density at radius 1 is 1.00 bits per heavy atom. The molecule has 0 fully saturated rings. The molecule has 1 aliphatic rings. The second-order valence-electron chi connectivity index (χ2n) is 12.4. The van der Waals surface area contributed by atoms with E-state index in [1.165, 1.54) is 53.7 Å². The molecule has 0 aromatic heterocycles. The molecule has 49 heavy (non-hydrogen) atoms. The van der Waals surface area contributed by atoms with Gasteiger partial charge in [-0.1, -0.05) is 25.1 Å². The summed E-state index contributed by atoms with van der Waals surface area (Å²) in [4.78, 5) is 16.1. The van der Waals surface area contributed by atoms with Gasteiger partial charge in [0.05, 0.1) is 47.3 Å². The van der Waals surface area contributed by atoms with Crippen molar-refractivity contribution >= 4 is 31.6 Å².